The summed E-state index contributed by atoms with van der Waals surface area (Å²) in [7, 11) is -2.83. The molecule has 1 fully saturated rings. The minimum atomic E-state index is -2.83. The molecule has 1 N–H and O–H groups in total. The number of sulfone groups is 1. The topological polar surface area (TPSA) is 46.2 Å². The van der Waals surface area contributed by atoms with Gasteiger partial charge in [-0.1, -0.05) is 12.8 Å². The van der Waals surface area contributed by atoms with E-state index >= 15 is 0 Å². The molecule has 0 spiro atoms. The molecule has 0 aliphatic heterocycles. The zero-order valence-corrected chi connectivity index (χ0v) is 11.5. The van der Waals surface area contributed by atoms with Gasteiger partial charge >= 0.3 is 0 Å². The SMILES string of the molecule is CS(=O)(=O)CCNCC1CCCCC1CCl. The van der Waals surface area contributed by atoms with E-state index in [-0.39, 0.29) is 5.75 Å². The third-order valence-corrected chi connectivity index (χ3v) is 4.66. The number of rotatable bonds is 6. The predicted molar refractivity (Wildman–Crippen MR) is 68.7 cm³/mol. The number of nitrogens with one attached hydrogen (secondary N) is 1. The fraction of sp³-hybridized carbons (Fsp3) is 1.00. The average molecular weight is 268 g/mol. The molecule has 2 atom stereocenters. The Morgan fingerprint density at radius 1 is 1.25 bits per heavy atom. The van der Waals surface area contributed by atoms with Gasteiger partial charge in [-0.25, -0.2) is 8.42 Å². The van der Waals surface area contributed by atoms with Crippen LogP contribution in [-0.2, 0) is 9.84 Å². The lowest BCUT2D eigenvalue weighted by Gasteiger charge is -2.30. The van der Waals surface area contributed by atoms with Crippen molar-refractivity contribution in [2.24, 2.45) is 11.8 Å². The highest BCUT2D eigenvalue weighted by molar-refractivity contribution is 7.90. The Morgan fingerprint density at radius 2 is 1.88 bits per heavy atom. The van der Waals surface area contributed by atoms with Gasteiger partial charge in [-0.05, 0) is 31.2 Å². The zero-order chi connectivity index (χ0) is 12.0. The van der Waals surface area contributed by atoms with Crippen LogP contribution in [0.25, 0.3) is 0 Å². The van der Waals surface area contributed by atoms with E-state index in [4.69, 9.17) is 11.6 Å². The van der Waals surface area contributed by atoms with Crippen molar-refractivity contribution in [1.82, 2.24) is 5.32 Å². The van der Waals surface area contributed by atoms with Crippen LogP contribution in [0.1, 0.15) is 25.7 Å². The van der Waals surface area contributed by atoms with Crippen molar-refractivity contribution >= 4 is 21.4 Å². The van der Waals surface area contributed by atoms with Crippen molar-refractivity contribution in [3.8, 4) is 0 Å². The summed E-state index contributed by atoms with van der Waals surface area (Å²) in [5.41, 5.74) is 0. The highest BCUT2D eigenvalue weighted by Gasteiger charge is 2.23. The Balaban J connectivity index is 2.20. The molecule has 16 heavy (non-hydrogen) atoms. The van der Waals surface area contributed by atoms with Crippen LogP contribution in [0.3, 0.4) is 0 Å². The first-order valence-corrected chi connectivity index (χ1v) is 8.57. The van der Waals surface area contributed by atoms with E-state index in [1.807, 2.05) is 0 Å². The van der Waals surface area contributed by atoms with E-state index in [9.17, 15) is 8.42 Å². The number of hydrogen-bond donors (Lipinski definition) is 1. The molecule has 0 bridgehead atoms. The van der Waals surface area contributed by atoms with Crippen LogP contribution in [0.5, 0.6) is 0 Å². The molecule has 2 unspecified atom stereocenters. The number of halogens is 1. The molecular formula is C11H22ClNO2S. The number of alkyl halides is 1. The largest absolute Gasteiger partial charge is 0.315 e. The van der Waals surface area contributed by atoms with Crippen molar-refractivity contribution in [3.63, 3.8) is 0 Å². The van der Waals surface area contributed by atoms with Gasteiger partial charge in [0.05, 0.1) is 5.75 Å². The lowest BCUT2D eigenvalue weighted by atomic mass is 9.80. The predicted octanol–water partition coefficient (Wildman–Crippen LogP) is 1.67. The van der Waals surface area contributed by atoms with Crippen LogP contribution in [0.2, 0.25) is 0 Å². The first-order valence-electron chi connectivity index (χ1n) is 5.97. The van der Waals surface area contributed by atoms with E-state index < -0.39 is 9.84 Å². The van der Waals surface area contributed by atoms with Crippen LogP contribution in [-0.4, -0.2) is 39.4 Å². The molecule has 1 aliphatic carbocycles. The van der Waals surface area contributed by atoms with E-state index in [1.165, 1.54) is 31.9 Å². The fourth-order valence-electron chi connectivity index (χ4n) is 2.30. The Bertz CT molecular complexity index is 292. The summed E-state index contributed by atoms with van der Waals surface area (Å²) in [6.07, 6.45) is 6.30. The number of hydrogen-bond acceptors (Lipinski definition) is 3. The molecule has 0 heterocycles. The Kier molecular flexibility index (Phi) is 6.08. The normalized spacial score (nSPS) is 26.9. The summed E-state index contributed by atoms with van der Waals surface area (Å²) in [6.45, 7) is 1.47. The highest BCUT2D eigenvalue weighted by Crippen LogP contribution is 2.30. The van der Waals surface area contributed by atoms with Gasteiger partial charge in [-0.15, -0.1) is 11.6 Å². The maximum absolute atomic E-state index is 10.9. The van der Waals surface area contributed by atoms with E-state index in [0.29, 0.717) is 18.4 Å². The molecule has 0 aromatic heterocycles. The second-order valence-corrected chi connectivity index (χ2v) is 7.36. The maximum atomic E-state index is 10.9. The molecule has 1 aliphatic rings. The fourth-order valence-corrected chi connectivity index (χ4v) is 3.22. The Morgan fingerprint density at radius 3 is 2.44 bits per heavy atom. The highest BCUT2D eigenvalue weighted by atomic mass is 35.5. The molecular weight excluding hydrogens is 246 g/mol. The summed E-state index contributed by atoms with van der Waals surface area (Å²) < 4.78 is 21.9. The van der Waals surface area contributed by atoms with E-state index in [0.717, 1.165) is 12.4 Å². The van der Waals surface area contributed by atoms with Gasteiger partial charge in [0.2, 0.25) is 0 Å². The van der Waals surface area contributed by atoms with Gasteiger partial charge in [0.15, 0.2) is 0 Å². The molecule has 0 aromatic carbocycles. The van der Waals surface area contributed by atoms with Crippen LogP contribution in [0.15, 0.2) is 0 Å². The molecule has 0 amide bonds. The molecule has 1 saturated carbocycles. The van der Waals surface area contributed by atoms with Gasteiger partial charge in [0.1, 0.15) is 9.84 Å². The van der Waals surface area contributed by atoms with Crippen molar-refractivity contribution in [2.75, 3.05) is 31.0 Å². The minimum Gasteiger partial charge on any atom is -0.315 e. The van der Waals surface area contributed by atoms with Gasteiger partial charge in [0, 0.05) is 18.7 Å². The van der Waals surface area contributed by atoms with Gasteiger partial charge in [-0.3, -0.25) is 0 Å². The lowest BCUT2D eigenvalue weighted by Crippen LogP contribution is -2.33. The maximum Gasteiger partial charge on any atom is 0.148 e. The second kappa shape index (κ2) is 6.82. The third kappa shape index (κ3) is 5.51. The summed E-state index contributed by atoms with van der Waals surface area (Å²) in [4.78, 5) is 0. The average Bonchev–Trinajstić information content (AvgIpc) is 2.23. The smallest absolute Gasteiger partial charge is 0.148 e. The molecule has 0 saturated heterocycles. The zero-order valence-electron chi connectivity index (χ0n) is 9.91. The summed E-state index contributed by atoms with van der Waals surface area (Å²) in [6, 6.07) is 0. The van der Waals surface area contributed by atoms with Crippen LogP contribution >= 0.6 is 11.6 Å². The third-order valence-electron chi connectivity index (χ3n) is 3.32. The molecule has 0 aromatic rings. The Labute approximate surface area is 104 Å². The van der Waals surface area contributed by atoms with Crippen LogP contribution in [0.4, 0.5) is 0 Å². The van der Waals surface area contributed by atoms with Crippen LogP contribution in [0, 0.1) is 11.8 Å². The van der Waals surface area contributed by atoms with Crippen molar-refractivity contribution in [3.05, 3.63) is 0 Å². The van der Waals surface area contributed by atoms with Gasteiger partial charge in [0.25, 0.3) is 0 Å². The monoisotopic (exact) mass is 267 g/mol. The van der Waals surface area contributed by atoms with Crippen LogP contribution < -0.4 is 5.32 Å². The summed E-state index contributed by atoms with van der Waals surface area (Å²) in [5, 5.41) is 3.24. The minimum absolute atomic E-state index is 0.227. The van der Waals surface area contributed by atoms with Gasteiger partial charge < -0.3 is 5.32 Å². The second-order valence-electron chi connectivity index (χ2n) is 4.79. The molecule has 0 radical (unpaired) electrons. The van der Waals surface area contributed by atoms with Crippen molar-refractivity contribution < 1.29 is 8.42 Å². The van der Waals surface area contributed by atoms with Gasteiger partial charge in [-0.2, -0.15) is 0 Å². The lowest BCUT2D eigenvalue weighted by molar-refractivity contribution is 0.252. The van der Waals surface area contributed by atoms with E-state index in [2.05, 4.69) is 5.32 Å². The Hall–Kier alpha value is 0.200. The summed E-state index contributed by atoms with van der Waals surface area (Å²) >= 11 is 5.94. The summed E-state index contributed by atoms with van der Waals surface area (Å²) in [5.74, 6) is 2.20. The molecule has 96 valence electrons. The molecule has 1 rings (SSSR count). The molecule has 5 heteroatoms. The first kappa shape index (κ1) is 14.3. The van der Waals surface area contributed by atoms with E-state index in [1.54, 1.807) is 0 Å². The quantitative estimate of drug-likeness (QED) is 0.588. The molecule has 3 nitrogen and oxygen atoms in total. The standard InChI is InChI=1S/C11H22ClNO2S/c1-16(14,15)7-6-13-9-11-5-3-2-4-10(11)8-12/h10-11,13H,2-9H2,1H3. The van der Waals surface area contributed by atoms with Crippen molar-refractivity contribution in [1.29, 1.82) is 0 Å². The first-order chi connectivity index (χ1) is 7.53. The van der Waals surface area contributed by atoms with Crippen molar-refractivity contribution in [2.45, 2.75) is 25.7 Å².